The number of nitrogens with one attached hydrogen (secondary N) is 1. The number of nitro groups is 1. The van der Waals surface area contributed by atoms with Crippen LogP contribution in [-0.2, 0) is 9.59 Å². The minimum atomic E-state index is -0.552. The number of Topliss-reactive ketones (excluding diaryl/α,β-unsaturated/α-hetero) is 1. The Hall–Kier alpha value is -2.44. The van der Waals surface area contributed by atoms with Crippen LogP contribution in [0.2, 0.25) is 0 Å². The second kappa shape index (κ2) is 6.48. The molecule has 19 heavy (non-hydrogen) atoms. The molecule has 7 heteroatoms. The Kier molecular flexibility index (Phi) is 4.99. The summed E-state index contributed by atoms with van der Waals surface area (Å²) < 4.78 is 4.98. The molecule has 0 fully saturated rings. The Morgan fingerprint density at radius 2 is 2.05 bits per heavy atom. The molecule has 0 aliphatic rings. The van der Waals surface area contributed by atoms with E-state index in [2.05, 4.69) is 5.32 Å². The van der Waals surface area contributed by atoms with Gasteiger partial charge in [-0.1, -0.05) is 0 Å². The fraction of sp³-hybridized carbons (Fsp3) is 0.333. The van der Waals surface area contributed by atoms with Gasteiger partial charge in [0, 0.05) is 18.9 Å². The quantitative estimate of drug-likeness (QED) is 0.626. The first-order valence-corrected chi connectivity index (χ1v) is 5.55. The summed E-state index contributed by atoms with van der Waals surface area (Å²) >= 11 is 0. The summed E-state index contributed by atoms with van der Waals surface area (Å²) in [5, 5.41) is 13.1. The fourth-order valence-corrected chi connectivity index (χ4v) is 1.40. The lowest BCUT2D eigenvalue weighted by Gasteiger charge is -2.09. The maximum atomic E-state index is 11.6. The van der Waals surface area contributed by atoms with Gasteiger partial charge in [-0.25, -0.2) is 0 Å². The van der Waals surface area contributed by atoms with E-state index < -0.39 is 4.92 Å². The summed E-state index contributed by atoms with van der Waals surface area (Å²) in [4.78, 5) is 32.4. The van der Waals surface area contributed by atoms with E-state index in [4.69, 9.17) is 4.74 Å². The average Bonchev–Trinajstić information content (AvgIpc) is 2.36. The van der Waals surface area contributed by atoms with Crippen LogP contribution >= 0.6 is 0 Å². The van der Waals surface area contributed by atoms with Gasteiger partial charge in [0.1, 0.15) is 11.5 Å². The molecule has 0 unspecified atom stereocenters. The van der Waals surface area contributed by atoms with Crippen LogP contribution in [-0.4, -0.2) is 23.7 Å². The molecule has 1 amide bonds. The van der Waals surface area contributed by atoms with Gasteiger partial charge in [-0.05, 0) is 13.0 Å². The third kappa shape index (κ3) is 4.38. The van der Waals surface area contributed by atoms with Gasteiger partial charge in [0.2, 0.25) is 5.91 Å². The summed E-state index contributed by atoms with van der Waals surface area (Å²) in [5.41, 5.74) is 0.209. The summed E-state index contributed by atoms with van der Waals surface area (Å²) in [6.45, 7) is 1.40. The first-order valence-electron chi connectivity index (χ1n) is 5.55. The smallest absolute Gasteiger partial charge is 0.273 e. The first kappa shape index (κ1) is 14.6. The van der Waals surface area contributed by atoms with Crippen molar-refractivity contribution in [1.29, 1.82) is 0 Å². The third-order valence-corrected chi connectivity index (χ3v) is 2.37. The largest absolute Gasteiger partial charge is 0.494 e. The van der Waals surface area contributed by atoms with Crippen molar-refractivity contribution in [2.24, 2.45) is 0 Å². The third-order valence-electron chi connectivity index (χ3n) is 2.37. The molecule has 0 aromatic heterocycles. The van der Waals surface area contributed by atoms with Crippen LogP contribution in [0.3, 0.4) is 0 Å². The van der Waals surface area contributed by atoms with E-state index in [9.17, 15) is 19.7 Å². The Labute approximate surface area is 109 Å². The van der Waals surface area contributed by atoms with E-state index in [0.717, 1.165) is 0 Å². The molecule has 0 atom stereocenters. The molecular formula is C12H14N2O5. The van der Waals surface area contributed by atoms with E-state index in [1.54, 1.807) is 0 Å². The molecule has 7 nitrogen and oxygen atoms in total. The normalized spacial score (nSPS) is 9.79. The number of ether oxygens (including phenoxy) is 1. The minimum Gasteiger partial charge on any atom is -0.494 e. The topological polar surface area (TPSA) is 98.5 Å². The number of ketones is 1. The number of hydrogen-bond acceptors (Lipinski definition) is 5. The van der Waals surface area contributed by atoms with E-state index in [1.165, 1.54) is 32.2 Å². The highest BCUT2D eigenvalue weighted by molar-refractivity contribution is 5.94. The predicted molar refractivity (Wildman–Crippen MR) is 68.2 cm³/mol. The van der Waals surface area contributed by atoms with Gasteiger partial charge in [-0.15, -0.1) is 0 Å². The standard InChI is InChI=1S/C12H14N2O5/c1-8(15)3-6-12(16)13-10-5-4-9(14(17)18)7-11(10)19-2/h4-5,7H,3,6H2,1-2H3,(H,13,16). The molecule has 0 heterocycles. The highest BCUT2D eigenvalue weighted by atomic mass is 16.6. The number of nitrogens with zero attached hydrogens (tertiary/aromatic N) is 1. The second-order valence-electron chi connectivity index (χ2n) is 3.89. The molecule has 1 rings (SSSR count). The molecule has 0 bridgehead atoms. The van der Waals surface area contributed by atoms with E-state index in [0.29, 0.717) is 5.69 Å². The van der Waals surface area contributed by atoms with Crippen molar-refractivity contribution in [2.75, 3.05) is 12.4 Å². The predicted octanol–water partition coefficient (Wildman–Crippen LogP) is 1.91. The SMILES string of the molecule is COc1cc([N+](=O)[O-])ccc1NC(=O)CCC(C)=O. The second-order valence-corrected chi connectivity index (χ2v) is 3.89. The number of carbonyl (C=O) groups excluding carboxylic acids is 2. The zero-order chi connectivity index (χ0) is 14.4. The number of nitro benzene ring substituents is 1. The van der Waals surface area contributed by atoms with Crippen molar-refractivity contribution in [3.05, 3.63) is 28.3 Å². The summed E-state index contributed by atoms with van der Waals surface area (Å²) in [6, 6.07) is 3.88. The average molecular weight is 266 g/mol. The van der Waals surface area contributed by atoms with Gasteiger partial charge >= 0.3 is 0 Å². The van der Waals surface area contributed by atoms with Crippen LogP contribution in [0.1, 0.15) is 19.8 Å². The molecule has 1 aromatic rings. The monoisotopic (exact) mass is 266 g/mol. The van der Waals surface area contributed by atoms with Crippen LogP contribution in [0.25, 0.3) is 0 Å². The molecule has 102 valence electrons. The number of rotatable bonds is 6. The lowest BCUT2D eigenvalue weighted by molar-refractivity contribution is -0.384. The van der Waals surface area contributed by atoms with Crippen molar-refractivity contribution >= 4 is 23.1 Å². The Morgan fingerprint density at radius 3 is 2.58 bits per heavy atom. The summed E-state index contributed by atoms with van der Waals surface area (Å²) in [6.07, 6.45) is 0.219. The first-order chi connectivity index (χ1) is 8.93. The molecule has 0 spiro atoms. The minimum absolute atomic E-state index is 0.0650. The van der Waals surface area contributed by atoms with Crippen molar-refractivity contribution in [3.8, 4) is 5.75 Å². The summed E-state index contributed by atoms with van der Waals surface area (Å²) in [5.74, 6) is -0.224. The van der Waals surface area contributed by atoms with Gasteiger partial charge in [-0.2, -0.15) is 0 Å². The maximum Gasteiger partial charge on any atom is 0.273 e. The summed E-state index contributed by atoms with van der Waals surface area (Å²) in [7, 11) is 1.35. The van der Waals surface area contributed by atoms with Gasteiger partial charge in [0.25, 0.3) is 5.69 Å². The molecule has 0 saturated carbocycles. The van der Waals surface area contributed by atoms with E-state index in [1.807, 2.05) is 0 Å². The number of carbonyl (C=O) groups is 2. The molecule has 0 saturated heterocycles. The Morgan fingerprint density at radius 1 is 1.37 bits per heavy atom. The van der Waals surface area contributed by atoms with E-state index in [-0.39, 0.29) is 36.0 Å². The highest BCUT2D eigenvalue weighted by Gasteiger charge is 2.13. The van der Waals surface area contributed by atoms with Gasteiger partial charge < -0.3 is 14.8 Å². The molecular weight excluding hydrogens is 252 g/mol. The van der Waals surface area contributed by atoms with Crippen LogP contribution in [0.15, 0.2) is 18.2 Å². The zero-order valence-electron chi connectivity index (χ0n) is 10.6. The lowest BCUT2D eigenvalue weighted by atomic mass is 10.2. The number of methoxy groups -OCH3 is 1. The number of amides is 1. The Bertz CT molecular complexity index is 513. The van der Waals surface area contributed by atoms with Crippen molar-refractivity contribution < 1.29 is 19.2 Å². The van der Waals surface area contributed by atoms with Gasteiger partial charge in [0.15, 0.2) is 0 Å². The molecule has 0 radical (unpaired) electrons. The number of hydrogen-bond donors (Lipinski definition) is 1. The molecule has 0 aliphatic heterocycles. The van der Waals surface area contributed by atoms with Crippen LogP contribution in [0.4, 0.5) is 11.4 Å². The number of non-ortho nitro benzene ring substituents is 1. The zero-order valence-corrected chi connectivity index (χ0v) is 10.6. The fourth-order valence-electron chi connectivity index (χ4n) is 1.40. The van der Waals surface area contributed by atoms with E-state index >= 15 is 0 Å². The van der Waals surface area contributed by atoms with Crippen molar-refractivity contribution in [1.82, 2.24) is 0 Å². The van der Waals surface area contributed by atoms with Crippen LogP contribution in [0.5, 0.6) is 5.75 Å². The van der Waals surface area contributed by atoms with Gasteiger partial charge in [0.05, 0.1) is 23.8 Å². The Balaban J connectivity index is 2.80. The number of benzene rings is 1. The lowest BCUT2D eigenvalue weighted by Crippen LogP contribution is -2.13. The highest BCUT2D eigenvalue weighted by Crippen LogP contribution is 2.29. The molecule has 1 N–H and O–H groups in total. The molecule has 0 aliphatic carbocycles. The molecule has 1 aromatic carbocycles. The van der Waals surface area contributed by atoms with Gasteiger partial charge in [-0.3, -0.25) is 14.9 Å². The number of anilines is 1. The van der Waals surface area contributed by atoms with Crippen molar-refractivity contribution in [3.63, 3.8) is 0 Å². The van der Waals surface area contributed by atoms with Crippen molar-refractivity contribution in [2.45, 2.75) is 19.8 Å². The maximum absolute atomic E-state index is 11.6. The van der Waals surface area contributed by atoms with Crippen LogP contribution < -0.4 is 10.1 Å². The van der Waals surface area contributed by atoms with Crippen LogP contribution in [0, 0.1) is 10.1 Å².